The molecule has 2 aromatic carbocycles. The molecule has 1 atom stereocenters. The van der Waals surface area contributed by atoms with Crippen molar-refractivity contribution in [2.75, 3.05) is 24.2 Å². The Balaban J connectivity index is 1.59. The number of rotatable bonds is 5. The van der Waals surface area contributed by atoms with E-state index in [1.165, 1.54) is 16.8 Å². The molecule has 5 rings (SSSR count). The summed E-state index contributed by atoms with van der Waals surface area (Å²) in [6.45, 7) is 1.31. The summed E-state index contributed by atoms with van der Waals surface area (Å²) in [7, 11) is 0. The summed E-state index contributed by atoms with van der Waals surface area (Å²) < 4.78 is 45.9. The van der Waals surface area contributed by atoms with Crippen LogP contribution in [0.3, 0.4) is 0 Å². The van der Waals surface area contributed by atoms with Gasteiger partial charge in [0.1, 0.15) is 5.82 Å². The van der Waals surface area contributed by atoms with E-state index in [0.29, 0.717) is 34.9 Å². The van der Waals surface area contributed by atoms with Crippen LogP contribution in [0.2, 0.25) is 0 Å². The maximum absolute atomic E-state index is 13.0. The van der Waals surface area contributed by atoms with E-state index < -0.39 is 11.7 Å². The van der Waals surface area contributed by atoms with Gasteiger partial charge in [-0.15, -0.1) is 5.10 Å². The first-order chi connectivity index (χ1) is 15.9. The van der Waals surface area contributed by atoms with E-state index in [2.05, 4.69) is 20.4 Å². The molecule has 2 aromatic heterocycles. The number of alkyl halides is 3. The number of nitrogens with two attached hydrogens (primary N) is 1. The SMILES string of the molecule is Nc1c2c(-c3ccccc3)nc(NCC3CCCO3)nc2nn1-c1ccc(C(F)(F)F)cc1. The van der Waals surface area contributed by atoms with E-state index in [1.807, 2.05) is 30.3 Å². The molecule has 33 heavy (non-hydrogen) atoms. The van der Waals surface area contributed by atoms with Gasteiger partial charge in [-0.2, -0.15) is 18.2 Å². The first-order valence-electron chi connectivity index (χ1n) is 10.5. The third-order valence-electron chi connectivity index (χ3n) is 5.57. The van der Waals surface area contributed by atoms with Crippen molar-refractivity contribution in [2.24, 2.45) is 0 Å². The number of aromatic nitrogens is 4. The third kappa shape index (κ3) is 4.21. The normalized spacial score (nSPS) is 16.4. The van der Waals surface area contributed by atoms with Gasteiger partial charge in [0, 0.05) is 18.7 Å². The minimum atomic E-state index is -4.42. The second-order valence-electron chi connectivity index (χ2n) is 7.82. The summed E-state index contributed by atoms with van der Waals surface area (Å²) in [6, 6.07) is 14.1. The molecule has 1 aliphatic heterocycles. The van der Waals surface area contributed by atoms with Crippen LogP contribution >= 0.6 is 0 Å². The van der Waals surface area contributed by atoms with Gasteiger partial charge in [-0.25, -0.2) is 9.67 Å². The Labute approximate surface area is 187 Å². The molecule has 7 nitrogen and oxygen atoms in total. The average molecular weight is 454 g/mol. The highest BCUT2D eigenvalue weighted by molar-refractivity contribution is 5.99. The number of benzene rings is 2. The summed E-state index contributed by atoms with van der Waals surface area (Å²) in [6.07, 6.45) is -2.33. The van der Waals surface area contributed by atoms with E-state index in [1.54, 1.807) is 0 Å². The number of ether oxygens (including phenoxy) is 1. The van der Waals surface area contributed by atoms with E-state index in [0.717, 1.165) is 37.1 Å². The lowest BCUT2D eigenvalue weighted by Gasteiger charge is -2.12. The Morgan fingerprint density at radius 1 is 1.06 bits per heavy atom. The Morgan fingerprint density at radius 3 is 2.48 bits per heavy atom. The fourth-order valence-corrected chi connectivity index (χ4v) is 3.89. The first-order valence-corrected chi connectivity index (χ1v) is 10.5. The molecule has 3 heterocycles. The standard InChI is InChI=1S/C23H21F3N6O/c24-23(25,26)15-8-10-16(11-9-15)32-20(27)18-19(14-5-2-1-3-6-14)29-22(30-21(18)31-32)28-13-17-7-4-12-33-17/h1-3,5-6,8-11,17H,4,7,12-13,27H2,(H,28,30,31). The quantitative estimate of drug-likeness (QED) is 0.455. The van der Waals surface area contributed by atoms with Crippen LogP contribution in [0.5, 0.6) is 0 Å². The summed E-state index contributed by atoms with van der Waals surface area (Å²) >= 11 is 0. The van der Waals surface area contributed by atoms with E-state index in [-0.39, 0.29) is 11.9 Å². The topological polar surface area (TPSA) is 90.9 Å². The van der Waals surface area contributed by atoms with Crippen molar-refractivity contribution >= 4 is 22.8 Å². The number of hydrogen-bond acceptors (Lipinski definition) is 6. The fourth-order valence-electron chi connectivity index (χ4n) is 3.89. The monoisotopic (exact) mass is 454 g/mol. The van der Waals surface area contributed by atoms with Crippen molar-refractivity contribution < 1.29 is 17.9 Å². The molecule has 1 saturated heterocycles. The molecule has 3 N–H and O–H groups in total. The van der Waals surface area contributed by atoms with E-state index >= 15 is 0 Å². The molecular formula is C23H21F3N6O. The van der Waals surface area contributed by atoms with Gasteiger partial charge in [0.25, 0.3) is 0 Å². The van der Waals surface area contributed by atoms with Crippen LogP contribution in [0, 0.1) is 0 Å². The van der Waals surface area contributed by atoms with Gasteiger partial charge in [0.2, 0.25) is 5.95 Å². The predicted molar refractivity (Wildman–Crippen MR) is 119 cm³/mol. The van der Waals surface area contributed by atoms with Crippen LogP contribution in [0.25, 0.3) is 28.0 Å². The second kappa shape index (κ2) is 8.36. The number of nitrogens with one attached hydrogen (secondary N) is 1. The molecule has 4 aromatic rings. The second-order valence-corrected chi connectivity index (χ2v) is 7.82. The molecule has 170 valence electrons. The zero-order valence-electron chi connectivity index (χ0n) is 17.5. The Bertz CT molecular complexity index is 1270. The maximum atomic E-state index is 13.0. The molecule has 0 saturated carbocycles. The van der Waals surface area contributed by atoms with Crippen molar-refractivity contribution in [2.45, 2.75) is 25.1 Å². The van der Waals surface area contributed by atoms with Gasteiger partial charge >= 0.3 is 6.18 Å². The Kier molecular flexibility index (Phi) is 5.37. The number of nitrogens with zero attached hydrogens (tertiary/aromatic N) is 4. The lowest BCUT2D eigenvalue weighted by atomic mass is 10.1. The number of halogens is 3. The van der Waals surface area contributed by atoms with E-state index in [4.69, 9.17) is 10.5 Å². The van der Waals surface area contributed by atoms with Crippen LogP contribution < -0.4 is 11.1 Å². The van der Waals surface area contributed by atoms with Crippen LogP contribution in [-0.2, 0) is 10.9 Å². The predicted octanol–water partition coefficient (Wildman–Crippen LogP) is 4.67. The zero-order chi connectivity index (χ0) is 23.0. The fraction of sp³-hybridized carbons (Fsp3) is 0.261. The number of anilines is 2. The molecule has 0 bridgehead atoms. The molecule has 0 amide bonds. The molecular weight excluding hydrogens is 433 g/mol. The zero-order valence-corrected chi connectivity index (χ0v) is 17.5. The molecule has 0 aliphatic carbocycles. The average Bonchev–Trinajstić information content (AvgIpc) is 3.45. The van der Waals surface area contributed by atoms with Crippen LogP contribution in [0.1, 0.15) is 18.4 Å². The lowest BCUT2D eigenvalue weighted by Crippen LogP contribution is -2.19. The van der Waals surface area contributed by atoms with Crippen LogP contribution in [-0.4, -0.2) is 39.0 Å². The largest absolute Gasteiger partial charge is 0.416 e. The molecule has 0 spiro atoms. The summed E-state index contributed by atoms with van der Waals surface area (Å²) in [5.74, 6) is 0.628. The summed E-state index contributed by atoms with van der Waals surface area (Å²) in [5.41, 5.74) is 7.82. The molecule has 10 heteroatoms. The van der Waals surface area contributed by atoms with Gasteiger partial charge in [-0.1, -0.05) is 30.3 Å². The summed E-state index contributed by atoms with van der Waals surface area (Å²) in [5, 5.41) is 8.24. The lowest BCUT2D eigenvalue weighted by molar-refractivity contribution is -0.137. The van der Waals surface area contributed by atoms with Crippen molar-refractivity contribution in [1.82, 2.24) is 19.7 Å². The van der Waals surface area contributed by atoms with Gasteiger partial charge in [0.15, 0.2) is 5.65 Å². The van der Waals surface area contributed by atoms with Gasteiger partial charge in [-0.3, -0.25) is 0 Å². The first kappa shape index (κ1) is 21.2. The Morgan fingerprint density at radius 2 is 1.82 bits per heavy atom. The maximum Gasteiger partial charge on any atom is 0.416 e. The highest BCUT2D eigenvalue weighted by Crippen LogP contribution is 2.34. The Hall–Kier alpha value is -3.66. The van der Waals surface area contributed by atoms with Gasteiger partial charge in [-0.05, 0) is 37.1 Å². The minimum Gasteiger partial charge on any atom is -0.383 e. The summed E-state index contributed by atoms with van der Waals surface area (Å²) in [4.78, 5) is 9.20. The minimum absolute atomic E-state index is 0.0965. The number of nitrogen functional groups attached to an aromatic ring is 1. The highest BCUT2D eigenvalue weighted by Gasteiger charge is 2.30. The molecule has 1 unspecified atom stereocenters. The highest BCUT2D eigenvalue weighted by atomic mass is 19.4. The van der Waals surface area contributed by atoms with E-state index in [9.17, 15) is 13.2 Å². The van der Waals surface area contributed by atoms with Crippen molar-refractivity contribution in [3.05, 3.63) is 60.2 Å². The van der Waals surface area contributed by atoms with Crippen molar-refractivity contribution in [3.8, 4) is 16.9 Å². The number of hydrogen-bond donors (Lipinski definition) is 2. The van der Waals surface area contributed by atoms with Crippen LogP contribution in [0.15, 0.2) is 54.6 Å². The number of fused-ring (bicyclic) bond motifs is 1. The molecule has 0 radical (unpaired) electrons. The van der Waals surface area contributed by atoms with Crippen molar-refractivity contribution in [1.29, 1.82) is 0 Å². The van der Waals surface area contributed by atoms with Crippen molar-refractivity contribution in [3.63, 3.8) is 0 Å². The van der Waals surface area contributed by atoms with Crippen LogP contribution in [0.4, 0.5) is 24.9 Å². The third-order valence-corrected chi connectivity index (χ3v) is 5.57. The molecule has 1 aliphatic rings. The molecule has 1 fully saturated rings. The van der Waals surface area contributed by atoms with Gasteiger partial charge in [0.05, 0.1) is 28.4 Å². The van der Waals surface area contributed by atoms with Gasteiger partial charge < -0.3 is 15.8 Å². The smallest absolute Gasteiger partial charge is 0.383 e.